The standard InChI is InChI=1S/C14H20Cl2N2O3S/c1-14(2,3)18(22(4,20)21)8-7-13(19)17-12-9-10(15)5-6-11(12)16/h5-6,9H,7-8H2,1-4H3,(H,17,19). The Balaban J connectivity index is 2.75. The number of amides is 1. The van der Waals surface area contributed by atoms with Crippen molar-refractivity contribution in [2.45, 2.75) is 32.7 Å². The quantitative estimate of drug-likeness (QED) is 0.868. The molecule has 0 aliphatic carbocycles. The minimum absolute atomic E-state index is 0.0210. The summed E-state index contributed by atoms with van der Waals surface area (Å²) in [6.07, 6.45) is 1.15. The third-order valence-corrected chi connectivity index (χ3v) is 4.99. The second-order valence-electron chi connectivity index (χ2n) is 5.93. The molecule has 5 nitrogen and oxygen atoms in total. The molecule has 0 aliphatic heterocycles. The zero-order chi connectivity index (χ0) is 17.1. The van der Waals surface area contributed by atoms with Crippen molar-refractivity contribution in [3.63, 3.8) is 0 Å². The van der Waals surface area contributed by atoms with Crippen LogP contribution in [0.15, 0.2) is 18.2 Å². The van der Waals surface area contributed by atoms with Crippen LogP contribution >= 0.6 is 23.2 Å². The first-order valence-electron chi connectivity index (χ1n) is 6.64. The van der Waals surface area contributed by atoms with Crippen molar-refractivity contribution < 1.29 is 13.2 Å². The molecule has 124 valence electrons. The number of hydrogen-bond donors (Lipinski definition) is 1. The van der Waals surface area contributed by atoms with Crippen molar-refractivity contribution in [1.82, 2.24) is 4.31 Å². The molecule has 1 amide bonds. The predicted octanol–water partition coefficient (Wildman–Crippen LogP) is 3.38. The molecule has 1 aromatic rings. The van der Waals surface area contributed by atoms with Gasteiger partial charge in [-0.25, -0.2) is 8.42 Å². The molecule has 0 unspecified atom stereocenters. The lowest BCUT2D eigenvalue weighted by atomic mass is 10.1. The third-order valence-electron chi connectivity index (χ3n) is 2.89. The average molecular weight is 367 g/mol. The van der Waals surface area contributed by atoms with Crippen LogP contribution < -0.4 is 5.32 Å². The maximum Gasteiger partial charge on any atom is 0.225 e. The summed E-state index contributed by atoms with van der Waals surface area (Å²) in [6, 6.07) is 4.74. The summed E-state index contributed by atoms with van der Waals surface area (Å²) in [4.78, 5) is 12.0. The predicted molar refractivity (Wildman–Crippen MR) is 91.0 cm³/mol. The molecule has 0 aliphatic rings. The minimum Gasteiger partial charge on any atom is -0.325 e. The molecular formula is C14H20Cl2N2O3S. The Kier molecular flexibility index (Phi) is 6.27. The first-order valence-corrected chi connectivity index (χ1v) is 9.24. The van der Waals surface area contributed by atoms with E-state index in [9.17, 15) is 13.2 Å². The number of carbonyl (C=O) groups is 1. The highest BCUT2D eigenvalue weighted by atomic mass is 35.5. The summed E-state index contributed by atoms with van der Waals surface area (Å²) in [7, 11) is -3.40. The number of rotatable bonds is 5. The fourth-order valence-corrected chi connectivity index (χ4v) is 3.76. The maximum absolute atomic E-state index is 12.0. The van der Waals surface area contributed by atoms with Crippen molar-refractivity contribution in [2.75, 3.05) is 18.1 Å². The lowest BCUT2D eigenvalue weighted by Gasteiger charge is -2.33. The van der Waals surface area contributed by atoms with Crippen molar-refractivity contribution in [2.24, 2.45) is 0 Å². The molecule has 0 atom stereocenters. The number of hydrogen-bond acceptors (Lipinski definition) is 3. The highest BCUT2D eigenvalue weighted by Crippen LogP contribution is 2.25. The van der Waals surface area contributed by atoms with E-state index in [2.05, 4.69) is 5.32 Å². The number of sulfonamides is 1. The molecular weight excluding hydrogens is 347 g/mol. The van der Waals surface area contributed by atoms with Gasteiger partial charge in [0.2, 0.25) is 15.9 Å². The Labute approximate surface area is 141 Å². The van der Waals surface area contributed by atoms with E-state index in [0.717, 1.165) is 6.26 Å². The largest absolute Gasteiger partial charge is 0.325 e. The van der Waals surface area contributed by atoms with E-state index in [1.165, 1.54) is 4.31 Å². The molecule has 0 bridgehead atoms. The molecule has 0 spiro atoms. The number of nitrogens with zero attached hydrogens (tertiary/aromatic N) is 1. The van der Waals surface area contributed by atoms with E-state index < -0.39 is 15.6 Å². The first-order chi connectivity index (χ1) is 9.91. The second-order valence-corrected chi connectivity index (χ2v) is 8.68. The number of carbonyl (C=O) groups excluding carboxylic acids is 1. The fourth-order valence-electron chi connectivity index (χ4n) is 2.01. The number of benzene rings is 1. The molecule has 0 aromatic heterocycles. The van der Waals surface area contributed by atoms with Gasteiger partial charge in [-0.15, -0.1) is 0 Å². The summed E-state index contributed by atoms with van der Waals surface area (Å²) in [5.74, 6) is -0.331. The van der Waals surface area contributed by atoms with Gasteiger partial charge in [-0.2, -0.15) is 4.31 Å². The molecule has 1 aromatic carbocycles. The molecule has 0 fully saturated rings. The van der Waals surface area contributed by atoms with Crippen LogP contribution in [-0.2, 0) is 14.8 Å². The Morgan fingerprint density at radius 1 is 1.27 bits per heavy atom. The van der Waals surface area contributed by atoms with Gasteiger partial charge in [0, 0.05) is 23.5 Å². The first kappa shape index (κ1) is 19.2. The highest BCUT2D eigenvalue weighted by molar-refractivity contribution is 7.88. The van der Waals surface area contributed by atoms with Crippen LogP contribution in [0.5, 0.6) is 0 Å². The van der Waals surface area contributed by atoms with E-state index in [1.54, 1.807) is 39.0 Å². The van der Waals surface area contributed by atoms with Crippen molar-refractivity contribution in [1.29, 1.82) is 0 Å². The molecule has 22 heavy (non-hydrogen) atoms. The van der Waals surface area contributed by atoms with E-state index in [4.69, 9.17) is 23.2 Å². The van der Waals surface area contributed by atoms with Crippen molar-refractivity contribution >= 4 is 44.8 Å². The SMILES string of the molecule is CC(C)(C)N(CCC(=O)Nc1cc(Cl)ccc1Cl)S(C)(=O)=O. The van der Waals surface area contributed by atoms with Crippen molar-refractivity contribution in [3.8, 4) is 0 Å². The van der Waals surface area contributed by atoms with Gasteiger partial charge in [0.25, 0.3) is 0 Å². The van der Waals surface area contributed by atoms with Crippen LogP contribution in [0, 0.1) is 0 Å². The normalized spacial score (nSPS) is 12.5. The van der Waals surface area contributed by atoms with Gasteiger partial charge in [-0.3, -0.25) is 4.79 Å². The van der Waals surface area contributed by atoms with Crippen LogP contribution in [0.1, 0.15) is 27.2 Å². The Morgan fingerprint density at radius 3 is 2.36 bits per heavy atom. The zero-order valence-corrected chi connectivity index (χ0v) is 15.3. The van der Waals surface area contributed by atoms with E-state index in [-0.39, 0.29) is 18.9 Å². The molecule has 1 rings (SSSR count). The molecule has 0 heterocycles. The highest BCUT2D eigenvalue weighted by Gasteiger charge is 2.29. The van der Waals surface area contributed by atoms with Gasteiger partial charge in [-0.1, -0.05) is 23.2 Å². The van der Waals surface area contributed by atoms with Gasteiger partial charge in [-0.05, 0) is 39.0 Å². The summed E-state index contributed by atoms with van der Waals surface area (Å²) in [5.41, 5.74) is -0.192. The topological polar surface area (TPSA) is 66.5 Å². The van der Waals surface area contributed by atoms with Crippen LogP contribution in [0.4, 0.5) is 5.69 Å². The Hall–Kier alpha value is -0.820. The Bertz CT molecular complexity index is 655. The summed E-state index contributed by atoms with van der Waals surface area (Å²) in [5, 5.41) is 3.45. The van der Waals surface area contributed by atoms with E-state index in [0.29, 0.717) is 15.7 Å². The number of anilines is 1. The summed E-state index contributed by atoms with van der Waals surface area (Å²) in [6.45, 7) is 5.42. The molecule has 0 saturated carbocycles. The minimum atomic E-state index is -3.40. The number of nitrogens with one attached hydrogen (secondary N) is 1. The van der Waals surface area contributed by atoms with Gasteiger partial charge in [0.05, 0.1) is 17.0 Å². The van der Waals surface area contributed by atoms with Gasteiger partial charge < -0.3 is 5.32 Å². The molecule has 1 N–H and O–H groups in total. The molecule has 0 radical (unpaired) electrons. The van der Waals surface area contributed by atoms with Gasteiger partial charge in [0.15, 0.2) is 0 Å². The summed E-state index contributed by atoms with van der Waals surface area (Å²) < 4.78 is 24.9. The Morgan fingerprint density at radius 2 is 1.86 bits per heavy atom. The second kappa shape index (κ2) is 7.17. The van der Waals surface area contributed by atoms with Crippen LogP contribution in [0.3, 0.4) is 0 Å². The third kappa shape index (κ3) is 5.76. The van der Waals surface area contributed by atoms with Crippen LogP contribution in [0.2, 0.25) is 10.0 Å². The summed E-state index contributed by atoms with van der Waals surface area (Å²) >= 11 is 11.8. The van der Waals surface area contributed by atoms with Gasteiger partial charge in [0.1, 0.15) is 0 Å². The fraction of sp³-hybridized carbons (Fsp3) is 0.500. The lowest BCUT2D eigenvalue weighted by Crippen LogP contribution is -2.46. The zero-order valence-electron chi connectivity index (χ0n) is 13.0. The van der Waals surface area contributed by atoms with E-state index >= 15 is 0 Å². The average Bonchev–Trinajstić information content (AvgIpc) is 2.30. The van der Waals surface area contributed by atoms with E-state index in [1.807, 2.05) is 0 Å². The molecule has 8 heteroatoms. The monoisotopic (exact) mass is 366 g/mol. The molecule has 0 saturated heterocycles. The van der Waals surface area contributed by atoms with Crippen LogP contribution in [-0.4, -0.2) is 37.0 Å². The van der Waals surface area contributed by atoms with Crippen molar-refractivity contribution in [3.05, 3.63) is 28.2 Å². The lowest BCUT2D eigenvalue weighted by molar-refractivity contribution is -0.116. The van der Waals surface area contributed by atoms with Gasteiger partial charge >= 0.3 is 0 Å². The van der Waals surface area contributed by atoms with Crippen LogP contribution in [0.25, 0.3) is 0 Å². The smallest absolute Gasteiger partial charge is 0.225 e. The maximum atomic E-state index is 12.0. The number of halogens is 2.